The number of fused-ring (bicyclic) bond motifs is 1. The number of halogens is 1. The van der Waals surface area contributed by atoms with Crippen LogP contribution in [0.4, 0.5) is 15.8 Å². The highest BCUT2D eigenvalue weighted by molar-refractivity contribution is 6.44. The van der Waals surface area contributed by atoms with Gasteiger partial charge in [0.15, 0.2) is 0 Å². The molecule has 0 atom stereocenters. The SMILES string of the molecule is Cc1cc(C)n(C(C(=O)Nc2cccc(F)c2)=C2C(=O)Nc3ccccc32)c1. The molecule has 0 aliphatic carbocycles. The maximum Gasteiger partial charge on any atom is 0.273 e. The number of nitrogens with zero attached hydrogens (tertiary/aromatic N) is 1. The Morgan fingerprint density at radius 3 is 2.57 bits per heavy atom. The van der Waals surface area contributed by atoms with Gasteiger partial charge < -0.3 is 15.2 Å². The molecule has 0 unspecified atom stereocenters. The summed E-state index contributed by atoms with van der Waals surface area (Å²) in [4.78, 5) is 26.0. The highest BCUT2D eigenvalue weighted by atomic mass is 19.1. The van der Waals surface area contributed by atoms with Crippen LogP contribution in [-0.4, -0.2) is 16.4 Å². The van der Waals surface area contributed by atoms with Crippen LogP contribution in [0.2, 0.25) is 0 Å². The van der Waals surface area contributed by atoms with Crippen molar-refractivity contribution in [3.05, 3.63) is 83.4 Å². The first-order chi connectivity index (χ1) is 13.4. The normalized spacial score (nSPS) is 14.5. The predicted molar refractivity (Wildman–Crippen MR) is 107 cm³/mol. The van der Waals surface area contributed by atoms with E-state index in [4.69, 9.17) is 0 Å². The number of anilines is 2. The topological polar surface area (TPSA) is 63.1 Å². The third kappa shape index (κ3) is 3.09. The molecule has 5 nitrogen and oxygen atoms in total. The Morgan fingerprint density at radius 2 is 1.86 bits per heavy atom. The molecule has 3 aromatic rings. The average Bonchev–Trinajstić information content (AvgIpc) is 3.14. The van der Waals surface area contributed by atoms with Gasteiger partial charge in [0, 0.05) is 28.8 Å². The fourth-order valence-corrected chi connectivity index (χ4v) is 3.43. The number of carbonyl (C=O) groups is 2. The zero-order valence-corrected chi connectivity index (χ0v) is 15.4. The molecule has 1 aliphatic heterocycles. The van der Waals surface area contributed by atoms with E-state index in [1.807, 2.05) is 32.0 Å². The van der Waals surface area contributed by atoms with E-state index >= 15 is 0 Å². The number of para-hydroxylation sites is 1. The maximum absolute atomic E-state index is 13.5. The lowest BCUT2D eigenvalue weighted by Gasteiger charge is -2.15. The molecular formula is C22H18FN3O2. The molecule has 6 heteroatoms. The summed E-state index contributed by atoms with van der Waals surface area (Å²) in [5.41, 5.74) is 3.87. The monoisotopic (exact) mass is 375 g/mol. The third-order valence-electron chi connectivity index (χ3n) is 4.60. The van der Waals surface area contributed by atoms with Crippen molar-refractivity contribution in [2.45, 2.75) is 13.8 Å². The van der Waals surface area contributed by atoms with Gasteiger partial charge in [-0.15, -0.1) is 0 Å². The van der Waals surface area contributed by atoms with E-state index < -0.39 is 11.7 Å². The molecule has 2 heterocycles. The predicted octanol–water partition coefficient (Wildman–Crippen LogP) is 4.20. The number of amides is 2. The number of carbonyl (C=O) groups excluding carboxylic acids is 2. The lowest BCUT2D eigenvalue weighted by molar-refractivity contribution is -0.113. The number of hydrogen-bond acceptors (Lipinski definition) is 2. The van der Waals surface area contributed by atoms with Gasteiger partial charge in [-0.05, 0) is 49.7 Å². The summed E-state index contributed by atoms with van der Waals surface area (Å²) >= 11 is 0. The molecule has 0 fully saturated rings. The van der Waals surface area contributed by atoms with Crippen LogP contribution >= 0.6 is 0 Å². The molecule has 0 saturated heterocycles. The zero-order chi connectivity index (χ0) is 19.8. The molecule has 1 aromatic heterocycles. The van der Waals surface area contributed by atoms with Crippen LogP contribution in [0.25, 0.3) is 11.3 Å². The molecule has 140 valence electrons. The number of aryl methyl sites for hydroxylation is 2. The van der Waals surface area contributed by atoms with Crippen LogP contribution in [0.3, 0.4) is 0 Å². The summed E-state index contributed by atoms with van der Waals surface area (Å²) < 4.78 is 15.2. The first-order valence-corrected chi connectivity index (χ1v) is 8.82. The summed E-state index contributed by atoms with van der Waals surface area (Å²) in [6.07, 6.45) is 1.80. The largest absolute Gasteiger partial charge is 0.321 e. The van der Waals surface area contributed by atoms with Gasteiger partial charge in [0.05, 0.1) is 5.57 Å². The van der Waals surface area contributed by atoms with Gasteiger partial charge in [0.2, 0.25) is 0 Å². The van der Waals surface area contributed by atoms with E-state index in [2.05, 4.69) is 10.6 Å². The summed E-state index contributed by atoms with van der Waals surface area (Å²) in [5, 5.41) is 5.51. The van der Waals surface area contributed by atoms with E-state index in [9.17, 15) is 14.0 Å². The Bertz CT molecular complexity index is 1140. The van der Waals surface area contributed by atoms with E-state index in [1.165, 1.54) is 18.2 Å². The molecule has 0 spiro atoms. The Balaban J connectivity index is 1.90. The molecule has 2 aromatic carbocycles. The lowest BCUT2D eigenvalue weighted by Crippen LogP contribution is -2.21. The molecule has 28 heavy (non-hydrogen) atoms. The molecule has 0 bridgehead atoms. The van der Waals surface area contributed by atoms with Crippen molar-refractivity contribution in [1.29, 1.82) is 0 Å². The maximum atomic E-state index is 13.5. The quantitative estimate of drug-likeness (QED) is 0.674. The van der Waals surface area contributed by atoms with Gasteiger partial charge >= 0.3 is 0 Å². The molecule has 2 N–H and O–H groups in total. The van der Waals surface area contributed by atoms with Gasteiger partial charge in [0.25, 0.3) is 11.8 Å². The lowest BCUT2D eigenvalue weighted by atomic mass is 10.0. The van der Waals surface area contributed by atoms with E-state index in [0.29, 0.717) is 16.9 Å². The Morgan fingerprint density at radius 1 is 1.07 bits per heavy atom. The number of nitrogens with one attached hydrogen (secondary N) is 2. The smallest absolute Gasteiger partial charge is 0.273 e. The zero-order valence-electron chi connectivity index (χ0n) is 15.4. The number of benzene rings is 2. The molecule has 1 aliphatic rings. The summed E-state index contributed by atoms with van der Waals surface area (Å²) in [7, 11) is 0. The van der Waals surface area contributed by atoms with Crippen LogP contribution in [0.15, 0.2) is 60.8 Å². The van der Waals surface area contributed by atoms with Crippen LogP contribution < -0.4 is 10.6 Å². The Labute approximate surface area is 161 Å². The fraction of sp³-hybridized carbons (Fsp3) is 0.0909. The average molecular weight is 375 g/mol. The summed E-state index contributed by atoms with van der Waals surface area (Å²) in [6.45, 7) is 3.78. The molecule has 4 rings (SSSR count). The van der Waals surface area contributed by atoms with E-state index in [0.717, 1.165) is 11.3 Å². The number of aromatic nitrogens is 1. The molecule has 0 radical (unpaired) electrons. The summed E-state index contributed by atoms with van der Waals surface area (Å²) in [5.74, 6) is -1.30. The van der Waals surface area contributed by atoms with Gasteiger partial charge in [-0.3, -0.25) is 9.59 Å². The van der Waals surface area contributed by atoms with Gasteiger partial charge in [0.1, 0.15) is 11.5 Å². The van der Waals surface area contributed by atoms with Gasteiger partial charge in [-0.1, -0.05) is 24.3 Å². The second kappa shape index (κ2) is 6.81. The Kier molecular flexibility index (Phi) is 4.31. The van der Waals surface area contributed by atoms with Gasteiger partial charge in [-0.2, -0.15) is 0 Å². The second-order valence-corrected chi connectivity index (χ2v) is 6.72. The van der Waals surface area contributed by atoms with Crippen molar-refractivity contribution >= 4 is 34.5 Å². The first-order valence-electron chi connectivity index (χ1n) is 8.82. The minimum absolute atomic E-state index is 0.192. The first kappa shape index (κ1) is 17.7. The highest BCUT2D eigenvalue weighted by Crippen LogP contribution is 2.36. The van der Waals surface area contributed by atoms with Crippen molar-refractivity contribution in [2.24, 2.45) is 0 Å². The standard InChI is InChI=1S/C22H18FN3O2/c1-13-10-14(2)26(12-13)20(22(28)24-16-7-5-6-15(23)11-16)19-17-8-3-4-9-18(17)25-21(19)27/h3-12H,1-2H3,(H,24,28)(H,25,27). The second-order valence-electron chi connectivity index (χ2n) is 6.72. The van der Waals surface area contributed by atoms with Crippen molar-refractivity contribution in [3.8, 4) is 0 Å². The molecule has 0 saturated carbocycles. The highest BCUT2D eigenvalue weighted by Gasteiger charge is 2.31. The van der Waals surface area contributed by atoms with Crippen LogP contribution in [0.5, 0.6) is 0 Å². The van der Waals surface area contributed by atoms with Crippen molar-refractivity contribution in [2.75, 3.05) is 10.6 Å². The van der Waals surface area contributed by atoms with Gasteiger partial charge in [-0.25, -0.2) is 4.39 Å². The number of rotatable bonds is 3. The van der Waals surface area contributed by atoms with Crippen molar-refractivity contribution in [1.82, 2.24) is 4.57 Å². The van der Waals surface area contributed by atoms with E-state index in [1.54, 1.807) is 29.0 Å². The van der Waals surface area contributed by atoms with E-state index in [-0.39, 0.29) is 17.2 Å². The minimum atomic E-state index is -0.494. The number of hydrogen-bond donors (Lipinski definition) is 2. The van der Waals surface area contributed by atoms with Crippen LogP contribution in [0.1, 0.15) is 16.8 Å². The van der Waals surface area contributed by atoms with Crippen molar-refractivity contribution < 1.29 is 14.0 Å². The van der Waals surface area contributed by atoms with Crippen LogP contribution in [-0.2, 0) is 9.59 Å². The Hall–Kier alpha value is -3.67. The fourth-order valence-electron chi connectivity index (χ4n) is 3.43. The minimum Gasteiger partial charge on any atom is -0.321 e. The third-order valence-corrected chi connectivity index (χ3v) is 4.60. The molecular weight excluding hydrogens is 357 g/mol. The summed E-state index contributed by atoms with van der Waals surface area (Å²) in [6, 6.07) is 14.8. The molecule has 2 amide bonds. The van der Waals surface area contributed by atoms with Crippen molar-refractivity contribution in [3.63, 3.8) is 0 Å². The van der Waals surface area contributed by atoms with Crippen LogP contribution in [0, 0.1) is 19.7 Å².